The van der Waals surface area contributed by atoms with Crippen LogP contribution < -0.4 is 5.73 Å². The second-order valence-corrected chi connectivity index (χ2v) is 6.74. The monoisotopic (exact) mass is 292 g/mol. The number of hydrogen-bond acceptors (Lipinski definition) is 3. The summed E-state index contributed by atoms with van der Waals surface area (Å²) in [6, 6.07) is 5.45. The number of hydrogen-bond donors (Lipinski definition) is 2. The summed E-state index contributed by atoms with van der Waals surface area (Å²) in [6.45, 7) is 8.48. The summed E-state index contributed by atoms with van der Waals surface area (Å²) in [5.74, 6) is 1.53. The van der Waals surface area contributed by atoms with Gasteiger partial charge >= 0.3 is 0 Å². The van der Waals surface area contributed by atoms with Crippen LogP contribution in [-0.4, -0.2) is 28.1 Å². The summed E-state index contributed by atoms with van der Waals surface area (Å²) in [6.07, 6.45) is 1.24. The zero-order valence-electron chi connectivity index (χ0n) is 12.5. The van der Waals surface area contributed by atoms with Crippen LogP contribution in [-0.2, 0) is 0 Å². The van der Waals surface area contributed by atoms with E-state index in [9.17, 15) is 5.11 Å². The van der Waals surface area contributed by atoms with Crippen molar-refractivity contribution in [1.82, 2.24) is 4.90 Å². The lowest BCUT2D eigenvalue weighted by molar-refractivity contribution is 0.121. The molecule has 0 saturated carbocycles. The van der Waals surface area contributed by atoms with Crippen LogP contribution in [0, 0.1) is 18.8 Å². The molecule has 1 saturated heterocycles. The van der Waals surface area contributed by atoms with E-state index in [4.69, 9.17) is 18.0 Å². The van der Waals surface area contributed by atoms with Crippen molar-refractivity contribution in [3.63, 3.8) is 0 Å². The smallest absolute Gasteiger partial charge is 0.120 e. The molecule has 0 spiro atoms. The third kappa shape index (κ3) is 3.30. The number of phenolic OH excluding ortho intramolecular Hbond substituents is 1. The molecule has 110 valence electrons. The van der Waals surface area contributed by atoms with Gasteiger partial charge in [-0.15, -0.1) is 0 Å². The number of nitrogens with two attached hydrogens (primary N) is 1. The summed E-state index contributed by atoms with van der Waals surface area (Å²) in [5, 5.41) is 10.2. The fourth-order valence-corrected chi connectivity index (χ4v) is 3.62. The summed E-state index contributed by atoms with van der Waals surface area (Å²) in [4.78, 5) is 2.75. The molecule has 1 aliphatic rings. The number of thiocarbonyl (C=S) groups is 1. The molecule has 1 fully saturated rings. The maximum atomic E-state index is 10.2. The average Bonchev–Trinajstić information content (AvgIpc) is 2.32. The Hall–Kier alpha value is -1.13. The van der Waals surface area contributed by atoms with Crippen molar-refractivity contribution in [3.05, 3.63) is 29.3 Å². The number of piperidine rings is 1. The van der Waals surface area contributed by atoms with E-state index in [1.165, 1.54) is 6.42 Å². The number of aryl methyl sites for hydroxylation is 1. The van der Waals surface area contributed by atoms with Gasteiger partial charge < -0.3 is 10.8 Å². The van der Waals surface area contributed by atoms with E-state index in [0.29, 0.717) is 16.8 Å². The lowest BCUT2D eigenvalue weighted by atomic mass is 9.89. The molecule has 0 bridgehead atoms. The molecule has 0 amide bonds. The molecule has 3 unspecified atom stereocenters. The second kappa shape index (κ2) is 6.10. The van der Waals surface area contributed by atoms with Gasteiger partial charge in [0.1, 0.15) is 5.75 Å². The van der Waals surface area contributed by atoms with Gasteiger partial charge in [0.2, 0.25) is 0 Å². The first-order valence-electron chi connectivity index (χ1n) is 7.21. The van der Waals surface area contributed by atoms with Gasteiger partial charge in [-0.3, -0.25) is 4.90 Å². The quantitative estimate of drug-likeness (QED) is 0.841. The van der Waals surface area contributed by atoms with Gasteiger partial charge in [0, 0.05) is 18.7 Å². The lowest BCUT2D eigenvalue weighted by Gasteiger charge is -2.40. The third-order valence-electron chi connectivity index (χ3n) is 4.01. The van der Waals surface area contributed by atoms with E-state index in [1.54, 1.807) is 6.07 Å². The first-order chi connectivity index (χ1) is 9.38. The zero-order valence-corrected chi connectivity index (χ0v) is 13.3. The Labute approximate surface area is 126 Å². The molecule has 1 aromatic carbocycles. The van der Waals surface area contributed by atoms with Crippen LogP contribution in [0.4, 0.5) is 0 Å². The Bertz CT molecular complexity index is 493. The summed E-state index contributed by atoms with van der Waals surface area (Å²) >= 11 is 5.28. The number of likely N-dealkylation sites (tertiary alicyclic amines) is 1. The molecule has 3 N–H and O–H groups in total. The largest absolute Gasteiger partial charge is 0.508 e. The number of aromatic hydroxyl groups is 1. The maximum absolute atomic E-state index is 10.2. The Balaban J connectivity index is 2.36. The van der Waals surface area contributed by atoms with Gasteiger partial charge in [0.05, 0.1) is 11.0 Å². The molecule has 0 aliphatic carbocycles. The number of nitrogens with zero attached hydrogens (tertiary/aromatic N) is 1. The predicted octanol–water partition coefficient (Wildman–Crippen LogP) is 3.01. The number of rotatable bonds is 3. The van der Waals surface area contributed by atoms with Gasteiger partial charge in [-0.25, -0.2) is 0 Å². The number of phenols is 1. The molecule has 3 nitrogen and oxygen atoms in total. The predicted molar refractivity (Wildman–Crippen MR) is 86.9 cm³/mol. The minimum absolute atomic E-state index is 0.171. The van der Waals surface area contributed by atoms with E-state index in [0.717, 1.165) is 24.2 Å². The van der Waals surface area contributed by atoms with Crippen LogP contribution in [0.5, 0.6) is 5.75 Å². The van der Waals surface area contributed by atoms with E-state index in [1.807, 2.05) is 19.1 Å². The van der Waals surface area contributed by atoms with Gasteiger partial charge in [-0.05, 0) is 31.2 Å². The molecule has 3 atom stereocenters. The van der Waals surface area contributed by atoms with Crippen LogP contribution in [0.15, 0.2) is 18.2 Å². The topological polar surface area (TPSA) is 49.5 Å². The van der Waals surface area contributed by atoms with Crippen LogP contribution in [0.2, 0.25) is 0 Å². The SMILES string of the molecule is Cc1ccc(O)c(C(C(N)=S)N2CC(C)CC(C)C2)c1. The maximum Gasteiger partial charge on any atom is 0.120 e. The van der Waals surface area contributed by atoms with E-state index in [2.05, 4.69) is 18.7 Å². The van der Waals surface area contributed by atoms with Gasteiger partial charge in [0.15, 0.2) is 0 Å². The first-order valence-corrected chi connectivity index (χ1v) is 7.62. The Morgan fingerprint density at radius 2 is 1.95 bits per heavy atom. The molecule has 0 radical (unpaired) electrons. The molecule has 1 aromatic rings. The van der Waals surface area contributed by atoms with Crippen molar-refractivity contribution >= 4 is 17.2 Å². The minimum atomic E-state index is -0.171. The molecule has 0 aromatic heterocycles. The lowest BCUT2D eigenvalue weighted by Crippen LogP contribution is -2.45. The minimum Gasteiger partial charge on any atom is -0.508 e. The van der Waals surface area contributed by atoms with Gasteiger partial charge in [-0.1, -0.05) is 43.8 Å². The van der Waals surface area contributed by atoms with Crippen molar-refractivity contribution in [2.75, 3.05) is 13.1 Å². The molecule has 20 heavy (non-hydrogen) atoms. The normalized spacial score (nSPS) is 25.4. The molecule has 4 heteroatoms. The standard InChI is InChI=1S/C16H24N2OS/c1-10-4-5-14(19)13(7-10)15(16(17)20)18-8-11(2)6-12(3)9-18/h4-5,7,11-12,15,19H,6,8-9H2,1-3H3,(H2,17,20). The zero-order chi connectivity index (χ0) is 14.9. The summed E-state index contributed by atoms with van der Waals surface area (Å²) < 4.78 is 0. The van der Waals surface area contributed by atoms with Crippen molar-refractivity contribution in [1.29, 1.82) is 0 Å². The van der Waals surface area contributed by atoms with Crippen molar-refractivity contribution in [2.24, 2.45) is 17.6 Å². The van der Waals surface area contributed by atoms with E-state index < -0.39 is 0 Å². The number of benzene rings is 1. The van der Waals surface area contributed by atoms with Crippen molar-refractivity contribution in [3.8, 4) is 5.75 Å². The fourth-order valence-electron chi connectivity index (χ4n) is 3.34. The van der Waals surface area contributed by atoms with Crippen LogP contribution >= 0.6 is 12.2 Å². The Kier molecular flexibility index (Phi) is 4.66. The average molecular weight is 292 g/mol. The Morgan fingerprint density at radius 3 is 2.50 bits per heavy atom. The summed E-state index contributed by atoms with van der Waals surface area (Å²) in [7, 11) is 0. The highest BCUT2D eigenvalue weighted by atomic mass is 32.1. The molecule has 1 heterocycles. The van der Waals surface area contributed by atoms with Gasteiger partial charge in [0.25, 0.3) is 0 Å². The molecule has 1 aliphatic heterocycles. The highest BCUT2D eigenvalue weighted by Crippen LogP contribution is 2.34. The van der Waals surface area contributed by atoms with E-state index >= 15 is 0 Å². The third-order valence-corrected chi connectivity index (χ3v) is 4.23. The highest BCUT2D eigenvalue weighted by molar-refractivity contribution is 7.80. The van der Waals surface area contributed by atoms with Crippen molar-refractivity contribution in [2.45, 2.75) is 33.2 Å². The highest BCUT2D eigenvalue weighted by Gasteiger charge is 2.31. The molecular weight excluding hydrogens is 268 g/mol. The second-order valence-electron chi connectivity index (χ2n) is 6.27. The summed E-state index contributed by atoms with van der Waals surface area (Å²) in [5.41, 5.74) is 7.93. The van der Waals surface area contributed by atoms with Crippen LogP contribution in [0.25, 0.3) is 0 Å². The first kappa shape index (κ1) is 15.3. The van der Waals surface area contributed by atoms with E-state index in [-0.39, 0.29) is 11.8 Å². The van der Waals surface area contributed by atoms with Gasteiger partial charge in [-0.2, -0.15) is 0 Å². The molecule has 2 rings (SSSR count). The Morgan fingerprint density at radius 1 is 1.35 bits per heavy atom. The van der Waals surface area contributed by atoms with Crippen LogP contribution in [0.3, 0.4) is 0 Å². The van der Waals surface area contributed by atoms with Crippen LogP contribution in [0.1, 0.15) is 37.4 Å². The van der Waals surface area contributed by atoms with Crippen molar-refractivity contribution < 1.29 is 5.11 Å². The molecular formula is C16H24N2OS. The fraction of sp³-hybridized carbons (Fsp3) is 0.562.